The van der Waals surface area contributed by atoms with E-state index in [1.54, 1.807) is 29.2 Å². The van der Waals surface area contributed by atoms with E-state index >= 15 is 0 Å². The highest BCUT2D eigenvalue weighted by Gasteiger charge is 2.28. The third-order valence-corrected chi connectivity index (χ3v) is 8.37. The molecule has 2 fully saturated rings. The van der Waals surface area contributed by atoms with Gasteiger partial charge in [0.15, 0.2) is 5.76 Å². The number of benzene rings is 1. The number of hydrogen-bond acceptors (Lipinski definition) is 7. The number of morpholine rings is 1. The van der Waals surface area contributed by atoms with E-state index in [2.05, 4.69) is 16.4 Å². The molecule has 4 heterocycles. The fourth-order valence-corrected chi connectivity index (χ4v) is 6.02. The number of amides is 1. The van der Waals surface area contributed by atoms with Crippen LogP contribution in [0.4, 0.5) is 0 Å². The van der Waals surface area contributed by atoms with E-state index in [-0.39, 0.29) is 10.8 Å². The lowest BCUT2D eigenvalue weighted by Gasteiger charge is -2.34. The Morgan fingerprint density at radius 1 is 1.06 bits per heavy atom. The summed E-state index contributed by atoms with van der Waals surface area (Å²) in [6, 6.07) is 8.60. The molecule has 1 amide bonds. The van der Waals surface area contributed by atoms with Crippen molar-refractivity contribution in [2.24, 2.45) is 0 Å². The Balaban J connectivity index is 1.31. The molecule has 34 heavy (non-hydrogen) atoms. The SMILES string of the molecule is CCn1c(CN2CCN(C(=O)c3ccco3)CC2)nc2cc(S(=O)(=O)N3CCOCC3)ccc21. The number of sulfonamides is 1. The number of imidazole rings is 1. The molecule has 3 aromatic rings. The van der Waals surface area contributed by atoms with Crippen LogP contribution in [0.5, 0.6) is 0 Å². The van der Waals surface area contributed by atoms with Crippen molar-refractivity contribution in [3.05, 3.63) is 48.2 Å². The average molecular weight is 488 g/mol. The van der Waals surface area contributed by atoms with Gasteiger partial charge < -0.3 is 18.6 Å². The lowest BCUT2D eigenvalue weighted by molar-refractivity contribution is 0.0594. The first-order valence-electron chi connectivity index (χ1n) is 11.6. The maximum Gasteiger partial charge on any atom is 0.289 e. The molecule has 10 nitrogen and oxygen atoms in total. The smallest absolute Gasteiger partial charge is 0.289 e. The molecule has 0 atom stereocenters. The van der Waals surface area contributed by atoms with E-state index in [0.717, 1.165) is 31.0 Å². The molecule has 0 spiro atoms. The summed E-state index contributed by atoms with van der Waals surface area (Å²) in [4.78, 5) is 21.7. The second kappa shape index (κ2) is 9.49. The Morgan fingerprint density at radius 3 is 2.50 bits per heavy atom. The zero-order valence-electron chi connectivity index (χ0n) is 19.2. The maximum absolute atomic E-state index is 13.1. The monoisotopic (exact) mass is 487 g/mol. The van der Waals surface area contributed by atoms with E-state index < -0.39 is 10.0 Å². The van der Waals surface area contributed by atoms with E-state index in [9.17, 15) is 13.2 Å². The third-order valence-electron chi connectivity index (χ3n) is 6.48. The van der Waals surface area contributed by atoms with Crippen molar-refractivity contribution in [2.45, 2.75) is 24.9 Å². The summed E-state index contributed by atoms with van der Waals surface area (Å²) in [6.07, 6.45) is 1.51. The van der Waals surface area contributed by atoms with Crippen LogP contribution < -0.4 is 0 Å². The normalized spacial score (nSPS) is 18.6. The number of rotatable bonds is 6. The topological polar surface area (TPSA) is 101 Å². The summed E-state index contributed by atoms with van der Waals surface area (Å²) in [5.74, 6) is 1.17. The van der Waals surface area contributed by atoms with E-state index in [1.165, 1.54) is 10.6 Å². The summed E-state index contributed by atoms with van der Waals surface area (Å²) in [6.45, 7) is 7.69. The minimum atomic E-state index is -3.58. The molecule has 5 rings (SSSR count). The molecule has 0 aliphatic carbocycles. The molecule has 0 bridgehead atoms. The number of carbonyl (C=O) groups is 1. The van der Waals surface area contributed by atoms with Gasteiger partial charge in [0.2, 0.25) is 10.0 Å². The largest absolute Gasteiger partial charge is 0.459 e. The molecule has 0 radical (unpaired) electrons. The van der Waals surface area contributed by atoms with Crippen LogP contribution in [-0.2, 0) is 27.8 Å². The summed E-state index contributed by atoms with van der Waals surface area (Å²) in [5, 5.41) is 0. The summed E-state index contributed by atoms with van der Waals surface area (Å²) >= 11 is 0. The molecule has 1 aromatic carbocycles. The van der Waals surface area contributed by atoms with Crippen LogP contribution in [0.15, 0.2) is 45.9 Å². The summed E-state index contributed by atoms with van der Waals surface area (Å²) in [7, 11) is -3.58. The minimum absolute atomic E-state index is 0.0838. The molecule has 11 heteroatoms. The number of carbonyl (C=O) groups excluding carboxylic acids is 1. The van der Waals surface area contributed by atoms with Crippen LogP contribution >= 0.6 is 0 Å². The Labute approximate surface area is 198 Å². The van der Waals surface area contributed by atoms with Crippen molar-refractivity contribution in [1.82, 2.24) is 23.7 Å². The first kappa shape index (κ1) is 23.0. The zero-order valence-corrected chi connectivity index (χ0v) is 20.0. The van der Waals surface area contributed by atoms with Gasteiger partial charge in [-0.15, -0.1) is 0 Å². The van der Waals surface area contributed by atoms with Gasteiger partial charge in [-0.2, -0.15) is 4.31 Å². The fraction of sp³-hybridized carbons (Fsp3) is 0.478. The molecule has 2 aromatic heterocycles. The number of furan rings is 1. The number of fused-ring (bicyclic) bond motifs is 1. The average Bonchev–Trinajstić information content (AvgIpc) is 3.52. The van der Waals surface area contributed by atoms with E-state index in [0.29, 0.717) is 57.2 Å². The van der Waals surface area contributed by atoms with Crippen LogP contribution in [0.3, 0.4) is 0 Å². The maximum atomic E-state index is 13.1. The Kier molecular flexibility index (Phi) is 6.43. The first-order valence-corrected chi connectivity index (χ1v) is 13.0. The quantitative estimate of drug-likeness (QED) is 0.521. The van der Waals surface area contributed by atoms with E-state index in [4.69, 9.17) is 14.1 Å². The summed E-state index contributed by atoms with van der Waals surface area (Å²) in [5.41, 5.74) is 1.60. The second-order valence-corrected chi connectivity index (χ2v) is 10.4. The van der Waals surface area contributed by atoms with Crippen molar-refractivity contribution >= 4 is 27.0 Å². The molecule has 182 valence electrons. The molecule has 2 aliphatic heterocycles. The van der Waals surface area contributed by atoms with Gasteiger partial charge in [0.05, 0.1) is 42.0 Å². The van der Waals surface area contributed by atoms with Gasteiger partial charge in [0.1, 0.15) is 5.82 Å². The van der Waals surface area contributed by atoms with Crippen LogP contribution in [0.2, 0.25) is 0 Å². The minimum Gasteiger partial charge on any atom is -0.459 e. The number of nitrogens with zero attached hydrogens (tertiary/aromatic N) is 5. The predicted octanol–water partition coefficient (Wildman–Crippen LogP) is 1.63. The number of aromatic nitrogens is 2. The first-order chi connectivity index (χ1) is 16.5. The predicted molar refractivity (Wildman–Crippen MR) is 125 cm³/mol. The van der Waals surface area contributed by atoms with Gasteiger partial charge >= 0.3 is 0 Å². The molecular weight excluding hydrogens is 458 g/mol. The van der Waals surface area contributed by atoms with Crippen molar-refractivity contribution in [2.75, 3.05) is 52.5 Å². The van der Waals surface area contributed by atoms with Gasteiger partial charge in [0.25, 0.3) is 5.91 Å². The third kappa shape index (κ3) is 4.36. The number of ether oxygens (including phenoxy) is 1. The van der Waals surface area contributed by atoms with Crippen LogP contribution in [0, 0.1) is 0 Å². The highest BCUT2D eigenvalue weighted by atomic mass is 32.2. The van der Waals surface area contributed by atoms with Crippen LogP contribution in [0.1, 0.15) is 23.3 Å². The van der Waals surface area contributed by atoms with Gasteiger partial charge in [-0.05, 0) is 37.3 Å². The molecule has 2 saturated heterocycles. The van der Waals surface area contributed by atoms with Gasteiger partial charge in [0, 0.05) is 45.8 Å². The zero-order chi connectivity index (χ0) is 23.7. The van der Waals surface area contributed by atoms with Crippen LogP contribution in [-0.4, -0.2) is 90.5 Å². The Bertz CT molecular complexity index is 1260. The molecule has 0 unspecified atom stereocenters. The van der Waals surface area contributed by atoms with Crippen molar-refractivity contribution in [3.63, 3.8) is 0 Å². The Morgan fingerprint density at radius 2 is 1.82 bits per heavy atom. The molecule has 0 N–H and O–H groups in total. The van der Waals surface area contributed by atoms with E-state index in [1.807, 2.05) is 6.07 Å². The molecular formula is C23H29N5O5S. The fourth-order valence-electron chi connectivity index (χ4n) is 4.59. The van der Waals surface area contributed by atoms with Crippen molar-refractivity contribution in [3.8, 4) is 0 Å². The van der Waals surface area contributed by atoms with Gasteiger partial charge in [-0.1, -0.05) is 0 Å². The molecule has 2 aliphatic rings. The lowest BCUT2D eigenvalue weighted by atomic mass is 10.3. The van der Waals surface area contributed by atoms with Crippen LogP contribution in [0.25, 0.3) is 11.0 Å². The highest BCUT2D eigenvalue weighted by molar-refractivity contribution is 7.89. The highest BCUT2D eigenvalue weighted by Crippen LogP contribution is 2.24. The van der Waals surface area contributed by atoms with Gasteiger partial charge in [-0.3, -0.25) is 9.69 Å². The lowest BCUT2D eigenvalue weighted by Crippen LogP contribution is -2.48. The summed E-state index contributed by atoms with van der Waals surface area (Å²) < 4.78 is 40.3. The number of aryl methyl sites for hydroxylation is 1. The second-order valence-electron chi connectivity index (χ2n) is 8.48. The number of hydrogen-bond donors (Lipinski definition) is 0. The number of piperazine rings is 1. The van der Waals surface area contributed by atoms with Gasteiger partial charge in [-0.25, -0.2) is 13.4 Å². The molecule has 0 saturated carbocycles. The Hall–Kier alpha value is -2.73. The van der Waals surface area contributed by atoms with Crippen molar-refractivity contribution < 1.29 is 22.4 Å². The van der Waals surface area contributed by atoms with Crippen molar-refractivity contribution in [1.29, 1.82) is 0 Å². The standard InChI is InChI=1S/C23H29N5O5S/c1-2-28-20-6-5-18(34(30,31)27-11-14-32-15-12-27)16-19(20)24-22(28)17-25-7-9-26(10-8-25)23(29)21-4-3-13-33-21/h3-6,13,16H,2,7-12,14-15,17H2,1H3.